The number of rotatable bonds is 5. The van der Waals surface area contributed by atoms with E-state index in [1.807, 2.05) is 0 Å². The van der Waals surface area contributed by atoms with E-state index in [1.165, 1.54) is 0 Å². The smallest absolute Gasteiger partial charge is 0.312 e. The molecule has 0 aromatic heterocycles. The van der Waals surface area contributed by atoms with Crippen LogP contribution in [0, 0.1) is 5.92 Å². The van der Waals surface area contributed by atoms with Crippen molar-refractivity contribution in [1.29, 1.82) is 0 Å². The van der Waals surface area contributed by atoms with Gasteiger partial charge in [0.15, 0.2) is 5.78 Å². The van der Waals surface area contributed by atoms with Gasteiger partial charge in [0.25, 0.3) is 0 Å². The number of carbonyl (C=O) groups excluding carboxylic acids is 2. The molecule has 0 saturated heterocycles. The van der Waals surface area contributed by atoms with Crippen LogP contribution in [-0.4, -0.2) is 36.2 Å². The monoisotopic (exact) mass is 306 g/mol. The first kappa shape index (κ1) is 16.5. The van der Waals surface area contributed by atoms with E-state index < -0.39 is 23.3 Å². The molecule has 5 nitrogen and oxygen atoms in total. The second-order valence-electron chi connectivity index (χ2n) is 5.53. The number of Topliss-reactive ketones (excluding diaryl/α,β-unsaturated/α-hetero) is 1. The Morgan fingerprint density at radius 3 is 2.55 bits per heavy atom. The molecule has 1 N–H and O–H groups in total. The highest BCUT2D eigenvalue weighted by molar-refractivity contribution is 6.05. The fraction of sp³-hybridized carbons (Fsp3) is 0.529. The predicted molar refractivity (Wildman–Crippen MR) is 80.9 cm³/mol. The first-order valence-electron chi connectivity index (χ1n) is 7.60. The molecular weight excluding hydrogens is 284 g/mol. The number of ether oxygens (including phenoxy) is 2. The summed E-state index contributed by atoms with van der Waals surface area (Å²) >= 11 is 0. The predicted octanol–water partition coefficient (Wildman–Crippen LogP) is 2.36. The molecular formula is C17H22O5. The summed E-state index contributed by atoms with van der Waals surface area (Å²) < 4.78 is 10.1. The lowest BCUT2D eigenvalue weighted by Crippen LogP contribution is -2.51. The van der Waals surface area contributed by atoms with Crippen LogP contribution in [0.15, 0.2) is 24.3 Å². The van der Waals surface area contributed by atoms with Gasteiger partial charge < -0.3 is 14.6 Å². The van der Waals surface area contributed by atoms with E-state index in [2.05, 4.69) is 0 Å². The largest absolute Gasteiger partial charge is 0.497 e. The molecule has 1 aromatic carbocycles. The highest BCUT2D eigenvalue weighted by atomic mass is 16.5. The standard InChI is InChI=1S/C17H22O5/c1-3-22-16(19)14-6-4-5-11-17(14,20)15(18)12-7-9-13(21-2)10-8-12/h7-10,14,20H,3-6,11H2,1-2H3. The lowest BCUT2D eigenvalue weighted by atomic mass is 9.71. The van der Waals surface area contributed by atoms with Crippen LogP contribution in [-0.2, 0) is 9.53 Å². The Labute approximate surface area is 130 Å². The van der Waals surface area contributed by atoms with Gasteiger partial charge in [0.2, 0.25) is 0 Å². The maximum Gasteiger partial charge on any atom is 0.312 e. The van der Waals surface area contributed by atoms with Crippen molar-refractivity contribution in [2.45, 2.75) is 38.2 Å². The Hall–Kier alpha value is -1.88. The SMILES string of the molecule is CCOC(=O)C1CCCCC1(O)C(=O)c1ccc(OC)cc1. The number of hydrogen-bond donors (Lipinski definition) is 1. The molecule has 1 aliphatic carbocycles. The van der Waals surface area contributed by atoms with Gasteiger partial charge >= 0.3 is 5.97 Å². The fourth-order valence-electron chi connectivity index (χ4n) is 2.98. The topological polar surface area (TPSA) is 72.8 Å². The first-order chi connectivity index (χ1) is 10.5. The summed E-state index contributed by atoms with van der Waals surface area (Å²) in [7, 11) is 1.54. The number of benzene rings is 1. The van der Waals surface area contributed by atoms with Gasteiger partial charge in [0.05, 0.1) is 19.6 Å². The van der Waals surface area contributed by atoms with E-state index in [4.69, 9.17) is 9.47 Å². The van der Waals surface area contributed by atoms with Crippen LogP contribution in [0.25, 0.3) is 0 Å². The minimum atomic E-state index is -1.68. The second kappa shape index (κ2) is 6.92. The number of methoxy groups -OCH3 is 1. The second-order valence-corrected chi connectivity index (χ2v) is 5.53. The van der Waals surface area contributed by atoms with E-state index in [0.29, 0.717) is 24.2 Å². The molecule has 1 fully saturated rings. The molecule has 1 aromatic rings. The van der Waals surface area contributed by atoms with Gasteiger partial charge in [-0.3, -0.25) is 9.59 Å². The maximum absolute atomic E-state index is 12.7. The number of carbonyl (C=O) groups is 2. The van der Waals surface area contributed by atoms with E-state index in [1.54, 1.807) is 38.3 Å². The zero-order chi connectivity index (χ0) is 16.2. The van der Waals surface area contributed by atoms with Crippen LogP contribution in [0.3, 0.4) is 0 Å². The van der Waals surface area contributed by atoms with Crippen LogP contribution < -0.4 is 4.74 Å². The normalized spacial score (nSPS) is 24.6. The van der Waals surface area contributed by atoms with Crippen LogP contribution >= 0.6 is 0 Å². The van der Waals surface area contributed by atoms with Gasteiger partial charge in [0, 0.05) is 5.56 Å². The Kier molecular flexibility index (Phi) is 5.19. The third-order valence-electron chi connectivity index (χ3n) is 4.19. The molecule has 2 atom stereocenters. The van der Waals surface area contributed by atoms with Crippen molar-refractivity contribution in [2.24, 2.45) is 5.92 Å². The Morgan fingerprint density at radius 2 is 1.95 bits per heavy atom. The highest BCUT2D eigenvalue weighted by Crippen LogP contribution is 2.37. The zero-order valence-corrected chi connectivity index (χ0v) is 13.0. The van der Waals surface area contributed by atoms with Gasteiger partial charge in [-0.15, -0.1) is 0 Å². The number of ketones is 1. The molecule has 0 radical (unpaired) electrons. The Bertz CT molecular complexity index is 536. The lowest BCUT2D eigenvalue weighted by Gasteiger charge is -2.37. The van der Waals surface area contributed by atoms with E-state index >= 15 is 0 Å². The van der Waals surface area contributed by atoms with Crippen molar-refractivity contribution in [1.82, 2.24) is 0 Å². The highest BCUT2D eigenvalue weighted by Gasteiger charge is 2.49. The van der Waals surface area contributed by atoms with Crippen LogP contribution in [0.4, 0.5) is 0 Å². The van der Waals surface area contributed by atoms with Crippen molar-refractivity contribution in [3.63, 3.8) is 0 Å². The average Bonchev–Trinajstić information content (AvgIpc) is 2.54. The minimum Gasteiger partial charge on any atom is -0.497 e. The van der Waals surface area contributed by atoms with Gasteiger partial charge in [0.1, 0.15) is 11.4 Å². The van der Waals surface area contributed by atoms with Crippen LogP contribution in [0.1, 0.15) is 43.0 Å². The number of aliphatic hydroxyl groups is 1. The summed E-state index contributed by atoms with van der Waals surface area (Å²) in [5.74, 6) is -1.08. The average molecular weight is 306 g/mol. The van der Waals surface area contributed by atoms with E-state index in [-0.39, 0.29) is 13.0 Å². The first-order valence-corrected chi connectivity index (χ1v) is 7.60. The third-order valence-corrected chi connectivity index (χ3v) is 4.19. The summed E-state index contributed by atoms with van der Waals surface area (Å²) in [6.45, 7) is 1.95. The number of esters is 1. The molecule has 120 valence electrons. The summed E-state index contributed by atoms with van der Waals surface area (Å²) in [6, 6.07) is 6.55. The molecule has 0 bridgehead atoms. The summed E-state index contributed by atoms with van der Waals surface area (Å²) in [5, 5.41) is 10.9. The van der Waals surface area contributed by atoms with Crippen LogP contribution in [0.5, 0.6) is 5.75 Å². The molecule has 0 amide bonds. The molecule has 5 heteroatoms. The van der Waals surface area contributed by atoms with Gasteiger partial charge in [-0.05, 0) is 44.0 Å². The summed E-state index contributed by atoms with van der Waals surface area (Å²) in [4.78, 5) is 24.8. The van der Waals surface area contributed by atoms with Crippen molar-refractivity contribution in [3.8, 4) is 5.75 Å². The molecule has 1 aliphatic rings. The molecule has 0 spiro atoms. The molecule has 2 rings (SSSR count). The quantitative estimate of drug-likeness (QED) is 0.668. The van der Waals surface area contributed by atoms with Crippen molar-refractivity contribution >= 4 is 11.8 Å². The van der Waals surface area contributed by atoms with Gasteiger partial charge in [-0.1, -0.05) is 12.8 Å². The van der Waals surface area contributed by atoms with Crippen molar-refractivity contribution in [2.75, 3.05) is 13.7 Å². The number of hydrogen-bond acceptors (Lipinski definition) is 5. The van der Waals surface area contributed by atoms with Crippen LogP contribution in [0.2, 0.25) is 0 Å². The third kappa shape index (κ3) is 3.14. The Morgan fingerprint density at radius 1 is 1.27 bits per heavy atom. The van der Waals surface area contributed by atoms with E-state index in [0.717, 1.165) is 6.42 Å². The molecule has 0 heterocycles. The molecule has 2 unspecified atom stereocenters. The van der Waals surface area contributed by atoms with Crippen molar-refractivity contribution in [3.05, 3.63) is 29.8 Å². The van der Waals surface area contributed by atoms with Gasteiger partial charge in [-0.25, -0.2) is 0 Å². The maximum atomic E-state index is 12.7. The summed E-state index contributed by atoms with van der Waals surface area (Å²) in [5.41, 5.74) is -1.31. The fourth-order valence-corrected chi connectivity index (χ4v) is 2.98. The van der Waals surface area contributed by atoms with Gasteiger partial charge in [-0.2, -0.15) is 0 Å². The van der Waals surface area contributed by atoms with E-state index in [9.17, 15) is 14.7 Å². The lowest BCUT2D eigenvalue weighted by molar-refractivity contribution is -0.158. The van der Waals surface area contributed by atoms with Crippen molar-refractivity contribution < 1.29 is 24.2 Å². The zero-order valence-electron chi connectivity index (χ0n) is 13.0. The Balaban J connectivity index is 2.27. The molecule has 22 heavy (non-hydrogen) atoms. The minimum absolute atomic E-state index is 0.238. The molecule has 0 aliphatic heterocycles. The summed E-state index contributed by atoms with van der Waals surface area (Å²) in [6.07, 6.45) is 2.27. The molecule has 1 saturated carbocycles.